The van der Waals surface area contributed by atoms with E-state index in [4.69, 9.17) is 14.2 Å². The molecule has 1 aromatic rings. The first-order valence-electron chi connectivity index (χ1n) is 11.4. The molecule has 0 spiro atoms. The van der Waals surface area contributed by atoms with Gasteiger partial charge in [-0.25, -0.2) is 0 Å². The second kappa shape index (κ2) is 7.78. The molecule has 6 nitrogen and oxygen atoms in total. The summed E-state index contributed by atoms with van der Waals surface area (Å²) >= 11 is 0. The number of likely N-dealkylation sites (N-methyl/N-ethyl adjacent to an activating group) is 1. The third kappa shape index (κ3) is 3.65. The summed E-state index contributed by atoms with van der Waals surface area (Å²) in [6, 6.07) is 5.76. The maximum atomic E-state index is 13.0. The predicted octanol–water partition coefficient (Wildman–Crippen LogP) is 3.57. The number of esters is 1. The van der Waals surface area contributed by atoms with Gasteiger partial charge in [0.05, 0.1) is 5.41 Å². The van der Waals surface area contributed by atoms with Crippen LogP contribution in [0.1, 0.15) is 51.0 Å². The van der Waals surface area contributed by atoms with E-state index in [1.54, 1.807) is 4.90 Å². The SMILES string of the molecule is CCN(Cc1ccc2c(c1)OCCO2)C(=O)COC(=O)C12CC3CC(CC(C3)C1)C2. The molecule has 4 aliphatic carbocycles. The first kappa shape index (κ1) is 19.7. The van der Waals surface area contributed by atoms with Gasteiger partial charge in [-0.15, -0.1) is 0 Å². The van der Waals surface area contributed by atoms with Crippen LogP contribution in [0.5, 0.6) is 11.5 Å². The highest BCUT2D eigenvalue weighted by Crippen LogP contribution is 2.60. The van der Waals surface area contributed by atoms with Gasteiger partial charge in [-0.1, -0.05) is 6.07 Å². The van der Waals surface area contributed by atoms with Gasteiger partial charge < -0.3 is 19.1 Å². The highest BCUT2D eigenvalue weighted by molar-refractivity contribution is 5.83. The third-order valence-electron chi connectivity index (χ3n) is 7.51. The largest absolute Gasteiger partial charge is 0.486 e. The van der Waals surface area contributed by atoms with E-state index in [1.165, 1.54) is 19.3 Å². The van der Waals surface area contributed by atoms with Crippen molar-refractivity contribution >= 4 is 11.9 Å². The van der Waals surface area contributed by atoms with Gasteiger partial charge in [-0.05, 0) is 80.9 Å². The molecule has 0 atom stereocenters. The first-order valence-corrected chi connectivity index (χ1v) is 11.4. The zero-order valence-electron chi connectivity index (χ0n) is 17.7. The van der Waals surface area contributed by atoms with E-state index in [0.717, 1.165) is 36.3 Å². The second-order valence-corrected chi connectivity index (χ2v) is 9.66. The molecule has 0 unspecified atom stereocenters. The Morgan fingerprint density at radius 3 is 2.30 bits per heavy atom. The van der Waals surface area contributed by atoms with E-state index < -0.39 is 0 Å². The van der Waals surface area contributed by atoms with E-state index in [0.29, 0.717) is 44.1 Å². The predicted molar refractivity (Wildman–Crippen MR) is 110 cm³/mol. The summed E-state index contributed by atoms with van der Waals surface area (Å²) < 4.78 is 16.8. The second-order valence-electron chi connectivity index (χ2n) is 9.66. The van der Waals surface area contributed by atoms with Crippen LogP contribution in [0.25, 0.3) is 0 Å². The lowest BCUT2D eigenvalue weighted by Crippen LogP contribution is -2.51. The van der Waals surface area contributed by atoms with Gasteiger partial charge in [0, 0.05) is 13.1 Å². The smallest absolute Gasteiger partial charge is 0.312 e. The van der Waals surface area contributed by atoms with Crippen LogP contribution in [0.4, 0.5) is 0 Å². The van der Waals surface area contributed by atoms with Crippen LogP contribution in [-0.2, 0) is 20.9 Å². The Hall–Kier alpha value is -2.24. The number of nitrogens with zero attached hydrogens (tertiary/aromatic N) is 1. The highest BCUT2D eigenvalue weighted by atomic mass is 16.6. The lowest BCUT2D eigenvalue weighted by molar-refractivity contribution is -0.174. The van der Waals surface area contributed by atoms with Crippen LogP contribution in [-0.4, -0.2) is 43.1 Å². The summed E-state index contributed by atoms with van der Waals surface area (Å²) in [6.45, 7) is 3.88. The Morgan fingerprint density at radius 1 is 1.03 bits per heavy atom. The van der Waals surface area contributed by atoms with Crippen LogP contribution >= 0.6 is 0 Å². The van der Waals surface area contributed by atoms with E-state index in [-0.39, 0.29) is 23.9 Å². The summed E-state index contributed by atoms with van der Waals surface area (Å²) in [4.78, 5) is 27.5. The fraction of sp³-hybridized carbons (Fsp3) is 0.667. The van der Waals surface area contributed by atoms with Gasteiger partial charge in [0.1, 0.15) is 13.2 Å². The molecule has 6 rings (SSSR count). The van der Waals surface area contributed by atoms with Crippen LogP contribution in [0.2, 0.25) is 0 Å². The maximum Gasteiger partial charge on any atom is 0.312 e. The average molecular weight is 414 g/mol. The molecule has 0 aromatic heterocycles. The molecule has 4 saturated carbocycles. The van der Waals surface area contributed by atoms with Crippen molar-refractivity contribution in [2.24, 2.45) is 23.2 Å². The number of hydrogen-bond acceptors (Lipinski definition) is 5. The summed E-state index contributed by atoms with van der Waals surface area (Å²) in [5.74, 6) is 3.22. The van der Waals surface area contributed by atoms with E-state index in [2.05, 4.69) is 0 Å². The van der Waals surface area contributed by atoms with Crippen molar-refractivity contribution in [2.75, 3.05) is 26.4 Å². The molecule has 1 aromatic carbocycles. The Labute approximate surface area is 177 Å². The van der Waals surface area contributed by atoms with Crippen molar-refractivity contribution in [3.63, 3.8) is 0 Å². The van der Waals surface area contributed by atoms with Gasteiger partial charge in [-0.2, -0.15) is 0 Å². The number of carbonyl (C=O) groups excluding carboxylic acids is 2. The van der Waals surface area contributed by atoms with Gasteiger partial charge in [0.2, 0.25) is 0 Å². The molecule has 0 N–H and O–H groups in total. The quantitative estimate of drug-likeness (QED) is 0.667. The molecule has 1 heterocycles. The number of amides is 1. The fourth-order valence-electron chi connectivity index (χ4n) is 6.52. The molecule has 6 heteroatoms. The van der Waals surface area contributed by atoms with Crippen molar-refractivity contribution in [3.8, 4) is 11.5 Å². The summed E-state index contributed by atoms with van der Waals surface area (Å²) in [5, 5.41) is 0. The monoisotopic (exact) mass is 413 g/mol. The van der Waals surface area contributed by atoms with Crippen molar-refractivity contribution in [3.05, 3.63) is 23.8 Å². The van der Waals surface area contributed by atoms with Crippen molar-refractivity contribution < 1.29 is 23.8 Å². The van der Waals surface area contributed by atoms with E-state index in [9.17, 15) is 9.59 Å². The molecule has 30 heavy (non-hydrogen) atoms. The molecule has 4 fully saturated rings. The molecule has 1 amide bonds. The fourth-order valence-corrected chi connectivity index (χ4v) is 6.52. The molecular weight excluding hydrogens is 382 g/mol. The summed E-state index contributed by atoms with van der Waals surface area (Å²) in [7, 11) is 0. The van der Waals surface area contributed by atoms with Crippen LogP contribution in [0, 0.1) is 23.2 Å². The molecule has 0 radical (unpaired) electrons. The zero-order chi connectivity index (χ0) is 20.7. The van der Waals surface area contributed by atoms with Crippen molar-refractivity contribution in [2.45, 2.75) is 52.0 Å². The van der Waals surface area contributed by atoms with E-state index >= 15 is 0 Å². The summed E-state index contributed by atoms with van der Waals surface area (Å²) in [6.07, 6.45) is 6.72. The Kier molecular flexibility index (Phi) is 5.11. The van der Waals surface area contributed by atoms with Gasteiger partial charge in [0.15, 0.2) is 18.1 Å². The first-order chi connectivity index (χ1) is 14.5. The highest BCUT2D eigenvalue weighted by Gasteiger charge is 2.55. The molecule has 5 aliphatic rings. The van der Waals surface area contributed by atoms with Crippen LogP contribution in [0.3, 0.4) is 0 Å². The Morgan fingerprint density at radius 2 is 1.67 bits per heavy atom. The minimum atomic E-state index is -0.318. The molecule has 0 saturated heterocycles. The standard InChI is InChI=1S/C24H31NO5/c1-2-25(14-16-3-4-20-21(10-16)29-6-5-28-20)22(26)15-30-23(27)24-11-17-7-18(12-24)9-19(8-17)13-24/h3-4,10,17-19H,2,5-9,11-15H2,1H3. The molecular formula is C24H31NO5. The average Bonchev–Trinajstić information content (AvgIpc) is 2.74. The number of carbonyl (C=O) groups is 2. The number of fused-ring (bicyclic) bond motifs is 1. The number of hydrogen-bond donors (Lipinski definition) is 0. The molecule has 162 valence electrons. The Bertz CT molecular complexity index is 800. The lowest BCUT2D eigenvalue weighted by atomic mass is 9.49. The number of benzene rings is 1. The van der Waals surface area contributed by atoms with Crippen LogP contribution in [0.15, 0.2) is 18.2 Å². The maximum absolute atomic E-state index is 13.0. The molecule has 1 aliphatic heterocycles. The number of rotatable bonds is 6. The Balaban J connectivity index is 1.19. The van der Waals surface area contributed by atoms with Gasteiger partial charge >= 0.3 is 5.97 Å². The van der Waals surface area contributed by atoms with Crippen LogP contribution < -0.4 is 9.47 Å². The third-order valence-corrected chi connectivity index (χ3v) is 7.51. The van der Waals surface area contributed by atoms with Crippen molar-refractivity contribution in [1.82, 2.24) is 4.90 Å². The topological polar surface area (TPSA) is 65.1 Å². The number of ether oxygens (including phenoxy) is 3. The minimum Gasteiger partial charge on any atom is -0.486 e. The van der Waals surface area contributed by atoms with Gasteiger partial charge in [-0.3, -0.25) is 9.59 Å². The zero-order valence-corrected chi connectivity index (χ0v) is 17.7. The van der Waals surface area contributed by atoms with E-state index in [1.807, 2.05) is 25.1 Å². The minimum absolute atomic E-state index is 0.134. The molecule has 4 bridgehead atoms. The van der Waals surface area contributed by atoms with Gasteiger partial charge in [0.25, 0.3) is 5.91 Å². The normalized spacial score (nSPS) is 30.8. The summed E-state index contributed by atoms with van der Waals surface area (Å²) in [5.41, 5.74) is 0.656. The lowest BCUT2D eigenvalue weighted by Gasteiger charge is -2.55. The van der Waals surface area contributed by atoms with Crippen molar-refractivity contribution in [1.29, 1.82) is 0 Å².